The van der Waals surface area contributed by atoms with Crippen molar-refractivity contribution >= 4 is 24.0 Å². The van der Waals surface area contributed by atoms with Crippen LogP contribution in [0.25, 0.3) is 17.4 Å². The highest BCUT2D eigenvalue weighted by Gasteiger charge is 2.39. The second-order valence-corrected chi connectivity index (χ2v) is 6.01. The summed E-state index contributed by atoms with van der Waals surface area (Å²) < 4.78 is 20.4. The maximum absolute atomic E-state index is 12.0. The molecule has 0 N–H and O–H groups in total. The van der Waals surface area contributed by atoms with Crippen LogP contribution in [0.15, 0.2) is 46.4 Å². The topological polar surface area (TPSA) is 92.0 Å². The Bertz CT molecular complexity index is 895. The summed E-state index contributed by atoms with van der Waals surface area (Å²) >= 11 is 0. The first kappa shape index (κ1) is 17.5. The molecule has 1 saturated heterocycles. The molecule has 134 valence electrons. The van der Waals surface area contributed by atoms with Gasteiger partial charge in [0.25, 0.3) is 5.79 Å². The standard InChI is InChI=1S/C19H16O7/c1-19(2)25-17(21)14(18(22)26-19)10-13-7-8-15(24-13)11-5-4-6-12(9-11)16(20)23-3/h4-10H,1-3H3. The van der Waals surface area contributed by atoms with Gasteiger partial charge in [-0.15, -0.1) is 0 Å². The van der Waals surface area contributed by atoms with Gasteiger partial charge in [-0.25, -0.2) is 14.4 Å². The summed E-state index contributed by atoms with van der Waals surface area (Å²) in [5.41, 5.74) is 0.768. The molecule has 0 radical (unpaired) electrons. The van der Waals surface area contributed by atoms with E-state index in [2.05, 4.69) is 0 Å². The molecule has 0 bridgehead atoms. The van der Waals surface area contributed by atoms with E-state index in [0.717, 1.165) is 0 Å². The van der Waals surface area contributed by atoms with E-state index in [4.69, 9.17) is 18.6 Å². The molecule has 2 heterocycles. The van der Waals surface area contributed by atoms with Crippen molar-refractivity contribution in [3.63, 3.8) is 0 Å². The summed E-state index contributed by atoms with van der Waals surface area (Å²) in [6.45, 7) is 2.94. The van der Waals surface area contributed by atoms with Crippen LogP contribution < -0.4 is 0 Å². The van der Waals surface area contributed by atoms with E-state index in [1.165, 1.54) is 27.0 Å². The third-order valence-corrected chi connectivity index (χ3v) is 3.60. The smallest absolute Gasteiger partial charge is 0.348 e. The third-order valence-electron chi connectivity index (χ3n) is 3.60. The van der Waals surface area contributed by atoms with Crippen molar-refractivity contribution in [2.45, 2.75) is 19.6 Å². The van der Waals surface area contributed by atoms with Gasteiger partial charge in [0.2, 0.25) is 0 Å². The summed E-state index contributed by atoms with van der Waals surface area (Å²) in [6, 6.07) is 9.94. The van der Waals surface area contributed by atoms with E-state index in [9.17, 15) is 14.4 Å². The molecule has 7 heteroatoms. The van der Waals surface area contributed by atoms with Crippen molar-refractivity contribution in [3.05, 3.63) is 53.3 Å². The zero-order valence-electron chi connectivity index (χ0n) is 14.4. The molecule has 0 spiro atoms. The van der Waals surface area contributed by atoms with E-state index in [1.807, 2.05) is 0 Å². The van der Waals surface area contributed by atoms with Crippen LogP contribution in [-0.2, 0) is 23.8 Å². The lowest BCUT2D eigenvalue weighted by atomic mass is 10.1. The molecule has 26 heavy (non-hydrogen) atoms. The molecule has 3 rings (SSSR count). The number of methoxy groups -OCH3 is 1. The highest BCUT2D eigenvalue weighted by Crippen LogP contribution is 2.27. The minimum Gasteiger partial charge on any atom is -0.465 e. The number of benzene rings is 1. The predicted molar refractivity (Wildman–Crippen MR) is 89.7 cm³/mol. The molecule has 1 fully saturated rings. The van der Waals surface area contributed by atoms with Gasteiger partial charge in [0.05, 0.1) is 12.7 Å². The third kappa shape index (κ3) is 3.51. The van der Waals surface area contributed by atoms with E-state index in [1.54, 1.807) is 36.4 Å². The molecule has 1 aromatic heterocycles. The van der Waals surface area contributed by atoms with Gasteiger partial charge in [0, 0.05) is 25.5 Å². The molecule has 1 aromatic carbocycles. The predicted octanol–water partition coefficient (Wildman–Crippen LogP) is 2.95. The quantitative estimate of drug-likeness (QED) is 0.474. The normalized spacial score (nSPS) is 15.9. The molecular formula is C19H16O7. The summed E-state index contributed by atoms with van der Waals surface area (Å²) in [4.78, 5) is 35.6. The zero-order chi connectivity index (χ0) is 18.9. The molecule has 0 amide bonds. The van der Waals surface area contributed by atoms with Gasteiger partial charge in [0.15, 0.2) is 0 Å². The first-order valence-electron chi connectivity index (χ1n) is 7.76. The van der Waals surface area contributed by atoms with Crippen LogP contribution >= 0.6 is 0 Å². The molecule has 0 aliphatic carbocycles. The Morgan fingerprint density at radius 2 is 1.77 bits per heavy atom. The number of furan rings is 1. The monoisotopic (exact) mass is 356 g/mol. The average molecular weight is 356 g/mol. The SMILES string of the molecule is COC(=O)c1cccc(-c2ccc(C=C3C(=O)OC(C)(C)OC3=O)o2)c1. The maximum atomic E-state index is 12.0. The average Bonchev–Trinajstić information content (AvgIpc) is 3.05. The molecule has 0 unspecified atom stereocenters. The molecule has 0 saturated carbocycles. The van der Waals surface area contributed by atoms with Crippen molar-refractivity contribution in [1.29, 1.82) is 0 Å². The van der Waals surface area contributed by atoms with Crippen LogP contribution in [-0.4, -0.2) is 30.8 Å². The first-order chi connectivity index (χ1) is 12.3. The van der Waals surface area contributed by atoms with Crippen LogP contribution in [0, 0.1) is 0 Å². The Morgan fingerprint density at radius 3 is 2.42 bits per heavy atom. The minimum absolute atomic E-state index is 0.256. The summed E-state index contributed by atoms with van der Waals surface area (Å²) in [6.07, 6.45) is 1.26. The van der Waals surface area contributed by atoms with E-state index < -0.39 is 23.7 Å². The Hall–Kier alpha value is -3.35. The fourth-order valence-corrected chi connectivity index (χ4v) is 2.42. The first-order valence-corrected chi connectivity index (χ1v) is 7.76. The van der Waals surface area contributed by atoms with Crippen LogP contribution in [0.2, 0.25) is 0 Å². The van der Waals surface area contributed by atoms with E-state index >= 15 is 0 Å². The number of esters is 3. The Morgan fingerprint density at radius 1 is 1.08 bits per heavy atom. The number of carbonyl (C=O) groups is 3. The molecule has 0 atom stereocenters. The van der Waals surface area contributed by atoms with Crippen LogP contribution in [0.4, 0.5) is 0 Å². The van der Waals surface area contributed by atoms with Crippen molar-refractivity contribution in [1.82, 2.24) is 0 Å². The highest BCUT2D eigenvalue weighted by atomic mass is 16.7. The van der Waals surface area contributed by atoms with Gasteiger partial charge >= 0.3 is 17.9 Å². The largest absolute Gasteiger partial charge is 0.465 e. The number of rotatable bonds is 3. The maximum Gasteiger partial charge on any atom is 0.348 e. The van der Waals surface area contributed by atoms with Gasteiger partial charge in [0.1, 0.15) is 17.1 Å². The van der Waals surface area contributed by atoms with Crippen LogP contribution in [0.1, 0.15) is 30.0 Å². The summed E-state index contributed by atoms with van der Waals surface area (Å²) in [5.74, 6) is -2.59. The molecule has 7 nitrogen and oxygen atoms in total. The number of hydrogen-bond acceptors (Lipinski definition) is 7. The van der Waals surface area contributed by atoms with Crippen molar-refractivity contribution in [2.75, 3.05) is 7.11 Å². The van der Waals surface area contributed by atoms with Crippen molar-refractivity contribution in [2.24, 2.45) is 0 Å². The second kappa shape index (κ2) is 6.51. The fourth-order valence-electron chi connectivity index (χ4n) is 2.42. The molecule has 1 aliphatic heterocycles. The van der Waals surface area contributed by atoms with Gasteiger partial charge in [-0.1, -0.05) is 12.1 Å². The number of carbonyl (C=O) groups excluding carboxylic acids is 3. The zero-order valence-corrected chi connectivity index (χ0v) is 14.4. The number of cyclic esters (lactones) is 2. The fraction of sp³-hybridized carbons (Fsp3) is 0.211. The van der Waals surface area contributed by atoms with E-state index in [0.29, 0.717) is 16.9 Å². The van der Waals surface area contributed by atoms with Crippen molar-refractivity contribution < 1.29 is 33.0 Å². The second-order valence-electron chi connectivity index (χ2n) is 6.01. The van der Waals surface area contributed by atoms with Crippen LogP contribution in [0.3, 0.4) is 0 Å². The van der Waals surface area contributed by atoms with Crippen molar-refractivity contribution in [3.8, 4) is 11.3 Å². The highest BCUT2D eigenvalue weighted by molar-refractivity contribution is 6.18. The lowest BCUT2D eigenvalue weighted by molar-refractivity contribution is -0.222. The molecule has 1 aliphatic rings. The van der Waals surface area contributed by atoms with Gasteiger partial charge in [-0.2, -0.15) is 0 Å². The summed E-state index contributed by atoms with van der Waals surface area (Å²) in [7, 11) is 1.30. The molecule has 2 aromatic rings. The Kier molecular flexibility index (Phi) is 4.38. The van der Waals surface area contributed by atoms with E-state index in [-0.39, 0.29) is 11.3 Å². The van der Waals surface area contributed by atoms with Crippen LogP contribution in [0.5, 0.6) is 0 Å². The van der Waals surface area contributed by atoms with Gasteiger partial charge in [-0.05, 0) is 24.3 Å². The lowest BCUT2D eigenvalue weighted by Gasteiger charge is -2.29. The van der Waals surface area contributed by atoms with Gasteiger partial charge in [-0.3, -0.25) is 0 Å². The number of ether oxygens (including phenoxy) is 3. The molecular weight excluding hydrogens is 340 g/mol. The lowest BCUT2D eigenvalue weighted by Crippen LogP contribution is -2.41. The number of hydrogen-bond donors (Lipinski definition) is 0. The Balaban J connectivity index is 1.88. The van der Waals surface area contributed by atoms with Gasteiger partial charge < -0.3 is 18.6 Å². The Labute approximate surface area is 149 Å². The minimum atomic E-state index is -1.30. The summed E-state index contributed by atoms with van der Waals surface area (Å²) in [5, 5.41) is 0.